The van der Waals surface area contributed by atoms with Crippen molar-refractivity contribution < 1.29 is 17.9 Å². The summed E-state index contributed by atoms with van der Waals surface area (Å²) in [6, 6.07) is 16.1. The number of hydrogen-bond acceptors (Lipinski definition) is 2. The molecule has 5 heteroatoms. The molecule has 1 unspecified atom stereocenters. The summed E-state index contributed by atoms with van der Waals surface area (Å²) in [7, 11) is 0. The van der Waals surface area contributed by atoms with Crippen LogP contribution in [-0.2, 0) is 5.41 Å². The first-order valence-electron chi connectivity index (χ1n) is 10.4. The summed E-state index contributed by atoms with van der Waals surface area (Å²) in [5.41, 5.74) is 5.71. The van der Waals surface area contributed by atoms with E-state index in [-0.39, 0.29) is 11.8 Å². The van der Waals surface area contributed by atoms with Crippen molar-refractivity contribution in [2.45, 2.75) is 65.2 Å². The van der Waals surface area contributed by atoms with Crippen LogP contribution in [0.3, 0.4) is 0 Å². The molecular weight excluding hydrogens is 417 g/mol. The maximum atomic E-state index is 12.8. The van der Waals surface area contributed by atoms with Gasteiger partial charge in [-0.2, -0.15) is 13.2 Å². The monoisotopic (exact) mass is 446 g/mol. The van der Waals surface area contributed by atoms with Crippen LogP contribution in [0.25, 0.3) is 11.1 Å². The van der Waals surface area contributed by atoms with Gasteiger partial charge in [-0.05, 0) is 77.1 Å². The van der Waals surface area contributed by atoms with Crippen LogP contribution in [0.2, 0.25) is 0 Å². The third-order valence-electron chi connectivity index (χ3n) is 5.37. The Bertz CT molecular complexity index is 974. The largest absolute Gasteiger partial charge is 0.485 e. The first-order chi connectivity index (χ1) is 14.4. The first kappa shape index (κ1) is 23.4. The van der Waals surface area contributed by atoms with Gasteiger partial charge in [-0.3, -0.25) is 0 Å². The van der Waals surface area contributed by atoms with Crippen molar-refractivity contribution >= 4 is 11.3 Å². The predicted octanol–water partition coefficient (Wildman–Crippen LogP) is 8.79. The molecule has 0 aliphatic heterocycles. The van der Waals surface area contributed by atoms with Crippen molar-refractivity contribution in [2.24, 2.45) is 0 Å². The van der Waals surface area contributed by atoms with Gasteiger partial charge in [0.1, 0.15) is 11.9 Å². The normalized spacial score (nSPS) is 13.3. The lowest BCUT2D eigenvalue weighted by atomic mass is 9.85. The number of benzene rings is 2. The minimum absolute atomic E-state index is 0.0908. The average molecular weight is 447 g/mol. The van der Waals surface area contributed by atoms with Crippen LogP contribution < -0.4 is 4.74 Å². The van der Waals surface area contributed by atoms with E-state index in [1.165, 1.54) is 16.9 Å². The number of rotatable bonds is 6. The Kier molecular flexibility index (Phi) is 6.85. The van der Waals surface area contributed by atoms with E-state index >= 15 is 0 Å². The van der Waals surface area contributed by atoms with E-state index in [4.69, 9.17) is 4.74 Å². The zero-order valence-corrected chi connectivity index (χ0v) is 19.5. The van der Waals surface area contributed by atoms with Crippen LogP contribution in [0, 0.1) is 13.8 Å². The molecule has 166 valence electrons. The molecule has 0 bridgehead atoms. The molecule has 0 fully saturated rings. The number of thiophene rings is 1. The Labute approximate surface area is 186 Å². The second-order valence-electron chi connectivity index (χ2n) is 9.04. The molecule has 0 radical (unpaired) electrons. The Morgan fingerprint density at radius 3 is 2.03 bits per heavy atom. The van der Waals surface area contributed by atoms with Gasteiger partial charge < -0.3 is 4.74 Å². The Balaban J connectivity index is 1.86. The van der Waals surface area contributed by atoms with Crippen LogP contribution in [0.4, 0.5) is 13.2 Å². The highest BCUT2D eigenvalue weighted by atomic mass is 32.1. The van der Waals surface area contributed by atoms with E-state index in [2.05, 4.69) is 45.0 Å². The number of aryl methyl sites for hydroxylation is 2. The molecule has 0 saturated heterocycles. The van der Waals surface area contributed by atoms with Gasteiger partial charge in [-0.25, -0.2) is 0 Å². The molecule has 0 aliphatic carbocycles. The Morgan fingerprint density at radius 2 is 1.55 bits per heavy atom. The van der Waals surface area contributed by atoms with E-state index in [1.54, 1.807) is 0 Å². The van der Waals surface area contributed by atoms with Crippen molar-refractivity contribution in [1.29, 1.82) is 0 Å². The van der Waals surface area contributed by atoms with Gasteiger partial charge >= 0.3 is 6.18 Å². The Hall–Kier alpha value is -2.27. The smallest absolute Gasteiger partial charge is 0.389 e. The molecule has 0 N–H and O–H groups in total. The number of hydrogen-bond donors (Lipinski definition) is 0. The van der Waals surface area contributed by atoms with E-state index in [1.807, 2.05) is 43.5 Å². The molecule has 1 aromatic heterocycles. The molecule has 0 spiro atoms. The fourth-order valence-corrected chi connectivity index (χ4v) is 4.57. The number of halogens is 3. The van der Waals surface area contributed by atoms with Gasteiger partial charge in [-0.1, -0.05) is 51.1 Å². The minimum Gasteiger partial charge on any atom is -0.485 e. The van der Waals surface area contributed by atoms with Crippen molar-refractivity contribution in [3.05, 3.63) is 75.5 Å². The molecule has 2 aromatic carbocycles. The quantitative estimate of drug-likeness (QED) is 0.368. The lowest BCUT2D eigenvalue weighted by Gasteiger charge is -2.22. The number of alkyl halides is 3. The van der Waals surface area contributed by atoms with Gasteiger partial charge in [-0.15, -0.1) is 11.3 Å². The molecule has 0 amide bonds. The molecule has 1 nitrogen and oxygen atoms in total. The number of ether oxygens (including phenoxy) is 1. The van der Waals surface area contributed by atoms with Gasteiger partial charge in [0.25, 0.3) is 0 Å². The predicted molar refractivity (Wildman–Crippen MR) is 123 cm³/mol. The van der Waals surface area contributed by atoms with E-state index in [0.29, 0.717) is 5.75 Å². The van der Waals surface area contributed by atoms with E-state index in [0.717, 1.165) is 27.1 Å². The van der Waals surface area contributed by atoms with Crippen LogP contribution in [0.15, 0.2) is 53.9 Å². The molecule has 0 saturated carbocycles. The zero-order chi connectivity index (χ0) is 22.8. The summed E-state index contributed by atoms with van der Waals surface area (Å²) in [5.74, 6) is 0.602. The highest BCUT2D eigenvalue weighted by molar-refractivity contribution is 7.10. The fourth-order valence-electron chi connectivity index (χ4n) is 3.78. The third kappa shape index (κ3) is 6.13. The zero-order valence-electron chi connectivity index (χ0n) is 18.6. The summed E-state index contributed by atoms with van der Waals surface area (Å²) < 4.78 is 44.5. The van der Waals surface area contributed by atoms with Crippen LogP contribution in [-0.4, -0.2) is 6.18 Å². The minimum atomic E-state index is -4.20. The van der Waals surface area contributed by atoms with Gasteiger partial charge in [0.2, 0.25) is 0 Å². The molecule has 1 atom stereocenters. The summed E-state index contributed by atoms with van der Waals surface area (Å²) in [5, 5.41) is 1.86. The van der Waals surface area contributed by atoms with Crippen molar-refractivity contribution in [3.8, 4) is 16.9 Å². The van der Waals surface area contributed by atoms with Crippen molar-refractivity contribution in [2.75, 3.05) is 0 Å². The molecule has 1 heterocycles. The molecule has 31 heavy (non-hydrogen) atoms. The van der Waals surface area contributed by atoms with Crippen molar-refractivity contribution in [3.63, 3.8) is 0 Å². The molecular formula is C26H29F3OS. The first-order valence-corrected chi connectivity index (χ1v) is 11.3. The maximum absolute atomic E-state index is 12.8. The molecule has 0 aliphatic rings. The van der Waals surface area contributed by atoms with Crippen LogP contribution in [0.5, 0.6) is 5.75 Å². The van der Waals surface area contributed by atoms with E-state index in [9.17, 15) is 13.2 Å². The molecule has 3 aromatic rings. The lowest BCUT2D eigenvalue weighted by molar-refractivity contribution is -0.139. The van der Waals surface area contributed by atoms with Gasteiger partial charge in [0.15, 0.2) is 0 Å². The van der Waals surface area contributed by atoms with Gasteiger partial charge in [0, 0.05) is 11.3 Å². The second kappa shape index (κ2) is 9.07. The average Bonchev–Trinajstić information content (AvgIpc) is 3.18. The summed E-state index contributed by atoms with van der Waals surface area (Å²) in [4.78, 5) is 0.807. The van der Waals surface area contributed by atoms with Crippen molar-refractivity contribution in [1.82, 2.24) is 0 Å². The third-order valence-corrected chi connectivity index (χ3v) is 6.34. The van der Waals surface area contributed by atoms with Crippen LogP contribution in [0.1, 0.15) is 61.3 Å². The second-order valence-corrected chi connectivity index (χ2v) is 10.0. The van der Waals surface area contributed by atoms with Crippen LogP contribution >= 0.6 is 11.3 Å². The fraction of sp³-hybridized carbons (Fsp3) is 0.385. The molecule has 3 rings (SSSR count). The lowest BCUT2D eigenvalue weighted by Crippen LogP contribution is -2.13. The standard InChI is InChI=1S/C26H29F3OS/c1-17-15-21(30-22(12-13-26(27,28)29)23-7-6-14-31-23)16-18(2)24(17)19-8-10-20(11-9-19)25(3,4)5/h6-11,14-16,22H,12-13H2,1-5H3. The SMILES string of the molecule is Cc1cc(OC(CCC(F)(F)F)c2cccs2)cc(C)c1-c1ccc(C(C)(C)C)cc1. The Morgan fingerprint density at radius 1 is 0.935 bits per heavy atom. The van der Waals surface area contributed by atoms with Gasteiger partial charge in [0.05, 0.1) is 0 Å². The summed E-state index contributed by atoms with van der Waals surface area (Å²) >= 11 is 1.42. The maximum Gasteiger partial charge on any atom is 0.389 e. The topological polar surface area (TPSA) is 9.23 Å². The van der Waals surface area contributed by atoms with E-state index < -0.39 is 18.7 Å². The highest BCUT2D eigenvalue weighted by Gasteiger charge is 2.30. The summed E-state index contributed by atoms with van der Waals surface area (Å²) in [6.45, 7) is 10.6. The highest BCUT2D eigenvalue weighted by Crippen LogP contribution is 2.37. The summed E-state index contributed by atoms with van der Waals surface area (Å²) in [6.07, 6.45) is -5.78.